The Labute approximate surface area is 174 Å². The van der Waals surface area contributed by atoms with Gasteiger partial charge in [-0.2, -0.15) is 0 Å². The first-order valence-electron chi connectivity index (χ1n) is 9.10. The van der Waals surface area contributed by atoms with Gasteiger partial charge in [-0.3, -0.25) is 9.69 Å². The molecule has 154 valence electrons. The van der Waals surface area contributed by atoms with Gasteiger partial charge in [-0.05, 0) is 44.4 Å². The van der Waals surface area contributed by atoms with Gasteiger partial charge in [0.15, 0.2) is 16.6 Å². The summed E-state index contributed by atoms with van der Waals surface area (Å²) in [6.07, 6.45) is 0. The highest BCUT2D eigenvalue weighted by molar-refractivity contribution is 7.22. The van der Waals surface area contributed by atoms with Gasteiger partial charge < -0.3 is 19.1 Å². The molecule has 3 aromatic rings. The fraction of sp³-hybridized carbons (Fsp3) is 0.333. The molecule has 0 radical (unpaired) electrons. The number of carbonyl (C=O) groups excluding carboxylic acids is 1. The van der Waals surface area contributed by atoms with Gasteiger partial charge in [-0.15, -0.1) is 0 Å². The molecule has 0 bridgehead atoms. The smallest absolute Gasteiger partial charge is 0.260 e. The number of aromatic nitrogens is 1. The number of para-hydroxylation sites is 1. The lowest BCUT2D eigenvalue weighted by Gasteiger charge is -2.22. The number of carbonyl (C=O) groups is 1. The number of thiazole rings is 1. The highest BCUT2D eigenvalue weighted by atomic mass is 32.1. The number of ether oxygens (including phenoxy) is 3. The molecular formula is C21H25N3O4S. The Morgan fingerprint density at radius 2 is 1.69 bits per heavy atom. The Morgan fingerprint density at radius 3 is 2.34 bits per heavy atom. The maximum Gasteiger partial charge on any atom is 0.260 e. The van der Waals surface area contributed by atoms with E-state index < -0.39 is 0 Å². The third-order valence-corrected chi connectivity index (χ3v) is 5.51. The second-order valence-electron chi connectivity index (χ2n) is 6.63. The number of benzene rings is 2. The SMILES string of the molecule is COc1ccc(C(=O)N(CCN(C)C)c2nc3c(OC)cccc3s2)cc1OC. The van der Waals surface area contributed by atoms with Crippen LogP contribution in [-0.2, 0) is 0 Å². The number of nitrogens with zero attached hydrogens (tertiary/aromatic N) is 3. The monoisotopic (exact) mass is 415 g/mol. The third-order valence-electron chi connectivity index (χ3n) is 4.47. The van der Waals surface area contributed by atoms with Gasteiger partial charge in [0.1, 0.15) is 11.3 Å². The van der Waals surface area contributed by atoms with E-state index in [1.165, 1.54) is 11.3 Å². The largest absolute Gasteiger partial charge is 0.494 e. The number of likely N-dealkylation sites (N-methyl/N-ethyl adjacent to an activating group) is 1. The van der Waals surface area contributed by atoms with Crippen molar-refractivity contribution in [3.05, 3.63) is 42.0 Å². The highest BCUT2D eigenvalue weighted by Crippen LogP contribution is 2.35. The normalized spacial score (nSPS) is 11.0. The van der Waals surface area contributed by atoms with Crippen molar-refractivity contribution in [3.63, 3.8) is 0 Å². The number of amides is 1. The summed E-state index contributed by atoms with van der Waals surface area (Å²) in [5.74, 6) is 1.63. The van der Waals surface area contributed by atoms with Crippen molar-refractivity contribution in [3.8, 4) is 17.2 Å². The molecule has 0 N–H and O–H groups in total. The quantitative estimate of drug-likeness (QED) is 0.561. The van der Waals surface area contributed by atoms with E-state index in [4.69, 9.17) is 19.2 Å². The van der Waals surface area contributed by atoms with Gasteiger partial charge in [-0.25, -0.2) is 4.98 Å². The van der Waals surface area contributed by atoms with E-state index >= 15 is 0 Å². The van der Waals surface area contributed by atoms with Gasteiger partial charge >= 0.3 is 0 Å². The van der Waals surface area contributed by atoms with Crippen molar-refractivity contribution < 1.29 is 19.0 Å². The van der Waals surface area contributed by atoms with E-state index in [9.17, 15) is 4.79 Å². The number of fused-ring (bicyclic) bond motifs is 1. The van der Waals surface area contributed by atoms with Crippen molar-refractivity contribution in [2.24, 2.45) is 0 Å². The van der Waals surface area contributed by atoms with Crippen molar-refractivity contribution in [2.75, 3.05) is 53.4 Å². The summed E-state index contributed by atoms with van der Waals surface area (Å²) in [7, 11) is 8.68. The van der Waals surface area contributed by atoms with Crippen LogP contribution in [-0.4, -0.2) is 64.3 Å². The van der Waals surface area contributed by atoms with Crippen molar-refractivity contribution in [1.82, 2.24) is 9.88 Å². The van der Waals surface area contributed by atoms with Crippen LogP contribution in [0.4, 0.5) is 5.13 Å². The molecule has 1 heterocycles. The number of rotatable bonds is 8. The predicted octanol–water partition coefficient (Wildman–Crippen LogP) is 3.53. The molecule has 2 aromatic carbocycles. The highest BCUT2D eigenvalue weighted by Gasteiger charge is 2.23. The molecular weight excluding hydrogens is 390 g/mol. The summed E-state index contributed by atoms with van der Waals surface area (Å²) in [6, 6.07) is 10.9. The van der Waals surface area contributed by atoms with E-state index in [1.807, 2.05) is 37.2 Å². The van der Waals surface area contributed by atoms with E-state index in [0.29, 0.717) is 41.0 Å². The third kappa shape index (κ3) is 4.44. The number of methoxy groups -OCH3 is 3. The summed E-state index contributed by atoms with van der Waals surface area (Å²) in [6.45, 7) is 1.20. The molecule has 0 unspecified atom stereocenters. The Bertz CT molecular complexity index is 1000. The minimum Gasteiger partial charge on any atom is -0.494 e. The van der Waals surface area contributed by atoms with Gasteiger partial charge in [0.25, 0.3) is 5.91 Å². The standard InChI is InChI=1S/C21H25N3O4S/c1-23(2)11-12-24(20(25)14-9-10-15(26-3)17(13-14)28-5)21-22-19-16(27-4)7-6-8-18(19)29-21/h6-10,13H,11-12H2,1-5H3. The first kappa shape index (κ1) is 20.9. The van der Waals surface area contributed by atoms with Crippen molar-refractivity contribution >= 4 is 32.6 Å². The second kappa shape index (κ2) is 9.11. The van der Waals surface area contributed by atoms with Gasteiger partial charge in [-0.1, -0.05) is 17.4 Å². The molecule has 0 saturated heterocycles. The molecule has 3 rings (SSSR count). The zero-order valence-corrected chi connectivity index (χ0v) is 18.1. The molecule has 0 aliphatic heterocycles. The summed E-state index contributed by atoms with van der Waals surface area (Å²) >= 11 is 1.47. The van der Waals surface area contributed by atoms with Crippen LogP contribution in [0.3, 0.4) is 0 Å². The molecule has 29 heavy (non-hydrogen) atoms. The molecule has 1 amide bonds. The Kier molecular flexibility index (Phi) is 6.56. The lowest BCUT2D eigenvalue weighted by atomic mass is 10.1. The average molecular weight is 416 g/mol. The molecule has 8 heteroatoms. The second-order valence-corrected chi connectivity index (χ2v) is 7.64. The van der Waals surface area contributed by atoms with Crippen molar-refractivity contribution in [2.45, 2.75) is 0 Å². The van der Waals surface area contributed by atoms with Gasteiger partial charge in [0, 0.05) is 18.7 Å². The van der Waals surface area contributed by atoms with E-state index in [-0.39, 0.29) is 5.91 Å². The molecule has 7 nitrogen and oxygen atoms in total. The maximum atomic E-state index is 13.4. The summed E-state index contributed by atoms with van der Waals surface area (Å²) < 4.78 is 17.0. The minimum absolute atomic E-state index is 0.147. The van der Waals surface area contributed by atoms with E-state index in [0.717, 1.165) is 10.2 Å². The minimum atomic E-state index is -0.147. The van der Waals surface area contributed by atoms with Gasteiger partial charge in [0.2, 0.25) is 0 Å². The van der Waals surface area contributed by atoms with Crippen LogP contribution < -0.4 is 19.1 Å². The Morgan fingerprint density at radius 1 is 0.966 bits per heavy atom. The van der Waals surface area contributed by atoms with E-state index in [2.05, 4.69) is 0 Å². The van der Waals surface area contributed by atoms with Crippen LogP contribution in [0.1, 0.15) is 10.4 Å². The average Bonchev–Trinajstić information content (AvgIpc) is 3.16. The lowest BCUT2D eigenvalue weighted by molar-refractivity contribution is 0.0985. The van der Waals surface area contributed by atoms with Crippen LogP contribution in [0, 0.1) is 0 Å². The number of anilines is 1. The van der Waals surface area contributed by atoms with Crippen LogP contribution in [0.25, 0.3) is 10.2 Å². The first-order chi connectivity index (χ1) is 14.0. The zero-order valence-electron chi connectivity index (χ0n) is 17.3. The number of hydrogen-bond donors (Lipinski definition) is 0. The fourth-order valence-electron chi connectivity index (χ4n) is 2.90. The topological polar surface area (TPSA) is 64.1 Å². The van der Waals surface area contributed by atoms with Crippen LogP contribution in [0.2, 0.25) is 0 Å². The predicted molar refractivity (Wildman–Crippen MR) is 116 cm³/mol. The number of hydrogen-bond acceptors (Lipinski definition) is 7. The lowest BCUT2D eigenvalue weighted by Crippen LogP contribution is -2.36. The molecule has 0 atom stereocenters. The van der Waals surface area contributed by atoms with E-state index in [1.54, 1.807) is 44.4 Å². The van der Waals surface area contributed by atoms with Crippen LogP contribution >= 0.6 is 11.3 Å². The fourth-order valence-corrected chi connectivity index (χ4v) is 3.91. The molecule has 0 aliphatic rings. The zero-order chi connectivity index (χ0) is 21.0. The van der Waals surface area contributed by atoms with Crippen molar-refractivity contribution in [1.29, 1.82) is 0 Å². The van der Waals surface area contributed by atoms with Gasteiger partial charge in [0.05, 0.1) is 26.0 Å². The first-order valence-corrected chi connectivity index (χ1v) is 9.92. The molecule has 0 fully saturated rings. The Balaban J connectivity index is 2.02. The van der Waals surface area contributed by atoms with Crippen LogP contribution in [0.5, 0.6) is 17.2 Å². The Hall–Kier alpha value is -2.84. The summed E-state index contributed by atoms with van der Waals surface area (Å²) in [5, 5.41) is 0.631. The molecule has 0 aliphatic carbocycles. The summed E-state index contributed by atoms with van der Waals surface area (Å²) in [4.78, 5) is 21.8. The summed E-state index contributed by atoms with van der Waals surface area (Å²) in [5.41, 5.74) is 1.26. The molecule has 0 saturated carbocycles. The van der Waals surface area contributed by atoms with Crippen LogP contribution in [0.15, 0.2) is 36.4 Å². The molecule has 1 aromatic heterocycles. The molecule has 0 spiro atoms. The maximum absolute atomic E-state index is 13.4.